The minimum atomic E-state index is -0.291. The molecule has 8 nitrogen and oxygen atoms in total. The van der Waals surface area contributed by atoms with Gasteiger partial charge in [-0.3, -0.25) is 9.59 Å². The van der Waals surface area contributed by atoms with E-state index in [2.05, 4.69) is 10.4 Å². The number of nitrogens with one attached hydrogen (secondary N) is 1. The molecule has 4 rings (SSSR count). The van der Waals surface area contributed by atoms with Crippen molar-refractivity contribution in [2.24, 2.45) is 0 Å². The third kappa shape index (κ3) is 5.01. The van der Waals surface area contributed by atoms with Crippen LogP contribution in [0.4, 0.5) is 0 Å². The van der Waals surface area contributed by atoms with Gasteiger partial charge < -0.3 is 19.4 Å². The summed E-state index contributed by atoms with van der Waals surface area (Å²) in [5.74, 6) is 1.04. The molecule has 2 heterocycles. The Labute approximate surface area is 195 Å². The van der Waals surface area contributed by atoms with Crippen molar-refractivity contribution in [2.75, 3.05) is 20.8 Å². The molecule has 0 saturated heterocycles. The van der Waals surface area contributed by atoms with Gasteiger partial charge >= 0.3 is 0 Å². The standard InChI is InChI=1S/C24H23ClN4O4/c1-32-21-8-3-16(13-22(21)33-2)9-10-26-23(30)15-28-11-12-29-20(24(28)31)14-19(27-29)17-4-6-18(25)7-5-17/h3-8,11-14H,9-10,15H2,1-2H3,(H,26,30). The SMILES string of the molecule is COc1ccc(CCNC(=O)Cn2ccn3nc(-c4ccc(Cl)cc4)cc3c2=O)cc1OC. The van der Waals surface area contributed by atoms with E-state index in [1.54, 1.807) is 44.8 Å². The van der Waals surface area contributed by atoms with Gasteiger partial charge in [0.05, 0.1) is 19.9 Å². The number of nitrogens with zero attached hydrogens (tertiary/aromatic N) is 3. The van der Waals surface area contributed by atoms with Crippen molar-refractivity contribution in [3.05, 3.63) is 81.9 Å². The average Bonchev–Trinajstić information content (AvgIpc) is 3.26. The normalized spacial score (nSPS) is 10.9. The monoisotopic (exact) mass is 466 g/mol. The maximum atomic E-state index is 12.9. The van der Waals surface area contributed by atoms with Gasteiger partial charge in [0.15, 0.2) is 11.5 Å². The fourth-order valence-corrected chi connectivity index (χ4v) is 3.63. The zero-order chi connectivity index (χ0) is 23.4. The number of amides is 1. The minimum Gasteiger partial charge on any atom is -0.493 e. The fourth-order valence-electron chi connectivity index (χ4n) is 3.51. The number of methoxy groups -OCH3 is 2. The van der Waals surface area contributed by atoms with Crippen molar-refractivity contribution >= 4 is 23.0 Å². The molecular formula is C24H23ClN4O4. The lowest BCUT2D eigenvalue weighted by Crippen LogP contribution is -2.33. The van der Waals surface area contributed by atoms with Crippen molar-refractivity contribution < 1.29 is 14.3 Å². The zero-order valence-corrected chi connectivity index (χ0v) is 19.0. The lowest BCUT2D eigenvalue weighted by atomic mass is 10.1. The number of fused-ring (bicyclic) bond motifs is 1. The first-order chi connectivity index (χ1) is 16.0. The maximum absolute atomic E-state index is 12.9. The first kappa shape index (κ1) is 22.4. The highest BCUT2D eigenvalue weighted by Crippen LogP contribution is 2.27. The summed E-state index contributed by atoms with van der Waals surface area (Å²) in [6.45, 7) is 0.349. The Morgan fingerprint density at radius 1 is 1.03 bits per heavy atom. The predicted molar refractivity (Wildman–Crippen MR) is 126 cm³/mol. The molecule has 0 aliphatic heterocycles. The number of hydrogen-bond acceptors (Lipinski definition) is 5. The molecule has 9 heteroatoms. The van der Waals surface area contributed by atoms with Crippen LogP contribution >= 0.6 is 11.6 Å². The third-order valence-electron chi connectivity index (χ3n) is 5.24. The van der Waals surface area contributed by atoms with Crippen LogP contribution in [0.5, 0.6) is 11.5 Å². The van der Waals surface area contributed by atoms with Crippen LogP contribution in [-0.4, -0.2) is 40.9 Å². The summed E-state index contributed by atoms with van der Waals surface area (Å²) in [4.78, 5) is 25.3. The van der Waals surface area contributed by atoms with Crippen LogP contribution in [-0.2, 0) is 17.8 Å². The summed E-state index contributed by atoms with van der Waals surface area (Å²) in [6.07, 6.45) is 3.84. The van der Waals surface area contributed by atoms with E-state index in [0.29, 0.717) is 40.7 Å². The molecule has 170 valence electrons. The number of aromatic nitrogens is 3. The van der Waals surface area contributed by atoms with Gasteiger partial charge in [0.25, 0.3) is 5.56 Å². The minimum absolute atomic E-state index is 0.0806. The van der Waals surface area contributed by atoms with Gasteiger partial charge in [-0.15, -0.1) is 0 Å². The Bertz CT molecular complexity index is 1350. The summed E-state index contributed by atoms with van der Waals surface area (Å²) in [7, 11) is 3.16. The molecule has 1 amide bonds. The summed E-state index contributed by atoms with van der Waals surface area (Å²) in [5.41, 5.74) is 2.60. The molecule has 0 aliphatic carbocycles. The first-order valence-corrected chi connectivity index (χ1v) is 10.7. The molecule has 0 bridgehead atoms. The van der Waals surface area contributed by atoms with Crippen molar-refractivity contribution in [1.82, 2.24) is 19.5 Å². The Balaban J connectivity index is 1.41. The largest absolute Gasteiger partial charge is 0.493 e. The highest BCUT2D eigenvalue weighted by atomic mass is 35.5. The van der Waals surface area contributed by atoms with Crippen LogP contribution in [0.3, 0.4) is 0 Å². The van der Waals surface area contributed by atoms with Crippen LogP contribution < -0.4 is 20.3 Å². The van der Waals surface area contributed by atoms with E-state index in [4.69, 9.17) is 21.1 Å². The Morgan fingerprint density at radius 3 is 2.52 bits per heavy atom. The molecule has 33 heavy (non-hydrogen) atoms. The molecule has 0 saturated carbocycles. The van der Waals surface area contributed by atoms with Crippen molar-refractivity contribution in [2.45, 2.75) is 13.0 Å². The average molecular weight is 467 g/mol. The van der Waals surface area contributed by atoms with Crippen LogP contribution in [0.15, 0.2) is 65.7 Å². The highest BCUT2D eigenvalue weighted by Gasteiger charge is 2.12. The lowest BCUT2D eigenvalue weighted by molar-refractivity contribution is -0.121. The summed E-state index contributed by atoms with van der Waals surface area (Å²) >= 11 is 5.94. The predicted octanol–water partition coefficient (Wildman–Crippen LogP) is 3.19. The number of halogens is 1. The van der Waals surface area contributed by atoms with E-state index in [0.717, 1.165) is 11.1 Å². The Morgan fingerprint density at radius 2 is 1.79 bits per heavy atom. The highest BCUT2D eigenvalue weighted by molar-refractivity contribution is 6.30. The van der Waals surface area contributed by atoms with Crippen molar-refractivity contribution in [3.8, 4) is 22.8 Å². The zero-order valence-electron chi connectivity index (χ0n) is 18.2. The molecule has 4 aromatic rings. The molecule has 0 radical (unpaired) electrons. The molecule has 0 atom stereocenters. The van der Waals surface area contributed by atoms with Gasteiger partial charge in [-0.05, 0) is 42.3 Å². The van der Waals surface area contributed by atoms with Gasteiger partial charge in [0.1, 0.15) is 12.1 Å². The molecule has 2 aromatic heterocycles. The number of benzene rings is 2. The molecule has 0 aliphatic rings. The molecule has 1 N–H and O–H groups in total. The fraction of sp³-hybridized carbons (Fsp3) is 0.208. The second-order valence-corrected chi connectivity index (χ2v) is 7.82. The summed E-state index contributed by atoms with van der Waals surface area (Å²) < 4.78 is 13.4. The quantitative estimate of drug-likeness (QED) is 0.431. The van der Waals surface area contributed by atoms with E-state index < -0.39 is 0 Å². The number of carbonyl (C=O) groups is 1. The van der Waals surface area contributed by atoms with Gasteiger partial charge in [-0.25, -0.2) is 4.52 Å². The smallest absolute Gasteiger partial charge is 0.277 e. The van der Waals surface area contributed by atoms with Crippen molar-refractivity contribution in [3.63, 3.8) is 0 Å². The lowest BCUT2D eigenvalue weighted by Gasteiger charge is -2.10. The number of hydrogen-bond donors (Lipinski definition) is 1. The molecule has 0 fully saturated rings. The van der Waals surface area contributed by atoms with Crippen LogP contribution in [0.2, 0.25) is 5.02 Å². The number of ether oxygens (including phenoxy) is 2. The van der Waals surface area contributed by atoms with Crippen LogP contribution in [0, 0.1) is 0 Å². The first-order valence-electron chi connectivity index (χ1n) is 10.3. The second-order valence-electron chi connectivity index (χ2n) is 7.39. The molecular weight excluding hydrogens is 444 g/mol. The topological polar surface area (TPSA) is 86.9 Å². The second kappa shape index (κ2) is 9.79. The molecule has 0 spiro atoms. The van der Waals surface area contributed by atoms with E-state index in [1.165, 1.54) is 9.08 Å². The van der Waals surface area contributed by atoms with E-state index in [9.17, 15) is 9.59 Å². The Kier molecular flexibility index (Phi) is 6.65. The van der Waals surface area contributed by atoms with E-state index >= 15 is 0 Å². The number of carbonyl (C=O) groups excluding carboxylic acids is 1. The third-order valence-corrected chi connectivity index (χ3v) is 5.49. The summed E-state index contributed by atoms with van der Waals surface area (Å²) in [6, 6.07) is 14.6. The Hall–Kier alpha value is -3.78. The molecule has 2 aromatic carbocycles. The van der Waals surface area contributed by atoms with Gasteiger partial charge in [-0.1, -0.05) is 29.8 Å². The number of rotatable bonds is 8. The van der Waals surface area contributed by atoms with E-state index in [-0.39, 0.29) is 18.0 Å². The van der Waals surface area contributed by atoms with Gasteiger partial charge in [-0.2, -0.15) is 5.10 Å². The van der Waals surface area contributed by atoms with Gasteiger partial charge in [0.2, 0.25) is 5.91 Å². The van der Waals surface area contributed by atoms with E-state index in [1.807, 2.05) is 30.3 Å². The van der Waals surface area contributed by atoms with Crippen LogP contribution in [0.25, 0.3) is 16.8 Å². The van der Waals surface area contributed by atoms with Gasteiger partial charge in [0, 0.05) is 29.5 Å². The summed E-state index contributed by atoms with van der Waals surface area (Å²) in [5, 5.41) is 7.92. The molecule has 0 unspecified atom stereocenters. The maximum Gasteiger partial charge on any atom is 0.277 e. The van der Waals surface area contributed by atoms with Crippen LogP contribution in [0.1, 0.15) is 5.56 Å². The van der Waals surface area contributed by atoms with Crippen molar-refractivity contribution in [1.29, 1.82) is 0 Å².